The van der Waals surface area contributed by atoms with E-state index in [2.05, 4.69) is 5.16 Å². The van der Waals surface area contributed by atoms with Gasteiger partial charge in [-0.15, -0.1) is 0 Å². The fourth-order valence-electron chi connectivity index (χ4n) is 2.01. The number of hydrogen-bond acceptors (Lipinski definition) is 5. The van der Waals surface area contributed by atoms with Crippen LogP contribution in [0.25, 0.3) is 0 Å². The lowest BCUT2D eigenvalue weighted by Gasteiger charge is -2.17. The summed E-state index contributed by atoms with van der Waals surface area (Å²) in [7, 11) is 1.63. The second-order valence-electron chi connectivity index (χ2n) is 4.78. The number of esters is 1. The van der Waals surface area contributed by atoms with E-state index in [0.29, 0.717) is 23.4 Å². The zero-order valence-corrected chi connectivity index (χ0v) is 12.8. The number of amides is 1. The minimum Gasteiger partial charge on any atom is -0.452 e. The molecule has 0 bridgehead atoms. The van der Waals surface area contributed by atoms with Crippen molar-refractivity contribution in [3.63, 3.8) is 0 Å². The number of carbonyl (C=O) groups excluding carboxylic acids is 2. The molecule has 0 saturated heterocycles. The van der Waals surface area contributed by atoms with Gasteiger partial charge in [0.1, 0.15) is 11.3 Å². The molecule has 0 aliphatic heterocycles. The quantitative estimate of drug-likeness (QED) is 0.793. The molecule has 0 atom stereocenters. The molecule has 1 aromatic carbocycles. The molecule has 0 N–H and O–H groups in total. The first kappa shape index (κ1) is 15.8. The van der Waals surface area contributed by atoms with Crippen molar-refractivity contribution in [2.45, 2.75) is 20.3 Å². The van der Waals surface area contributed by atoms with Gasteiger partial charge in [-0.1, -0.05) is 30.3 Å². The van der Waals surface area contributed by atoms with Crippen LogP contribution in [0.4, 0.5) is 5.69 Å². The third-order valence-corrected chi connectivity index (χ3v) is 3.32. The number of aromatic nitrogens is 1. The number of anilines is 1. The molecule has 0 saturated carbocycles. The Hall–Kier alpha value is -2.63. The minimum atomic E-state index is -0.592. The minimum absolute atomic E-state index is 0.303. The van der Waals surface area contributed by atoms with Gasteiger partial charge >= 0.3 is 5.97 Å². The van der Waals surface area contributed by atoms with E-state index in [0.717, 1.165) is 5.69 Å². The Morgan fingerprint density at radius 3 is 2.59 bits per heavy atom. The first-order valence-corrected chi connectivity index (χ1v) is 6.98. The number of rotatable bonds is 5. The number of aryl methyl sites for hydroxylation is 2. The van der Waals surface area contributed by atoms with Crippen LogP contribution in [0, 0.1) is 6.92 Å². The van der Waals surface area contributed by atoms with Crippen molar-refractivity contribution in [1.29, 1.82) is 0 Å². The Morgan fingerprint density at radius 1 is 1.27 bits per heavy atom. The summed E-state index contributed by atoms with van der Waals surface area (Å²) in [6.45, 7) is 3.17. The highest BCUT2D eigenvalue weighted by Crippen LogP contribution is 2.16. The van der Waals surface area contributed by atoms with Gasteiger partial charge in [-0.25, -0.2) is 4.79 Å². The zero-order chi connectivity index (χ0) is 16.1. The number of para-hydroxylation sites is 1. The molecule has 0 fully saturated rings. The molecule has 6 nitrogen and oxygen atoms in total. The first-order valence-electron chi connectivity index (χ1n) is 6.98. The van der Waals surface area contributed by atoms with Crippen LogP contribution in [0.1, 0.15) is 28.7 Å². The standard InChI is InChI=1S/C16H18N2O4/c1-4-13-15(11(2)22-17-13)16(20)21-10-14(19)18(3)12-8-6-5-7-9-12/h5-9H,4,10H2,1-3H3. The van der Waals surface area contributed by atoms with Crippen molar-refractivity contribution in [2.24, 2.45) is 0 Å². The first-order chi connectivity index (χ1) is 10.5. The second kappa shape index (κ2) is 6.89. The van der Waals surface area contributed by atoms with E-state index in [-0.39, 0.29) is 12.5 Å². The van der Waals surface area contributed by atoms with Crippen LogP contribution in [0.3, 0.4) is 0 Å². The van der Waals surface area contributed by atoms with Gasteiger partial charge in [0.05, 0.1) is 5.69 Å². The molecule has 116 valence electrons. The van der Waals surface area contributed by atoms with Gasteiger partial charge in [-0.2, -0.15) is 0 Å². The molecule has 1 heterocycles. The van der Waals surface area contributed by atoms with Gasteiger partial charge in [-0.3, -0.25) is 4.79 Å². The predicted octanol–water partition coefficient (Wildman–Crippen LogP) is 2.37. The molecule has 2 rings (SSSR count). The zero-order valence-electron chi connectivity index (χ0n) is 12.8. The lowest BCUT2D eigenvalue weighted by molar-refractivity contribution is -0.121. The number of likely N-dealkylation sites (N-methyl/N-ethyl adjacent to an activating group) is 1. The summed E-state index contributed by atoms with van der Waals surface area (Å²) in [5.74, 6) is -0.511. The molecular weight excluding hydrogens is 284 g/mol. The molecule has 0 unspecified atom stereocenters. The third-order valence-electron chi connectivity index (χ3n) is 3.32. The molecule has 0 aliphatic carbocycles. The monoisotopic (exact) mass is 302 g/mol. The summed E-state index contributed by atoms with van der Waals surface area (Å²) in [5.41, 5.74) is 1.57. The molecule has 1 amide bonds. The summed E-state index contributed by atoms with van der Waals surface area (Å²) >= 11 is 0. The third kappa shape index (κ3) is 3.33. The highest BCUT2D eigenvalue weighted by molar-refractivity contribution is 5.97. The van der Waals surface area contributed by atoms with E-state index in [4.69, 9.17) is 9.26 Å². The van der Waals surface area contributed by atoms with Crippen LogP contribution >= 0.6 is 0 Å². The second-order valence-corrected chi connectivity index (χ2v) is 4.78. The molecule has 0 aliphatic rings. The average Bonchev–Trinajstić information content (AvgIpc) is 2.93. The maximum atomic E-state index is 12.1. The van der Waals surface area contributed by atoms with E-state index >= 15 is 0 Å². The fraction of sp³-hybridized carbons (Fsp3) is 0.312. The predicted molar refractivity (Wildman–Crippen MR) is 80.8 cm³/mol. The van der Waals surface area contributed by atoms with Crippen molar-refractivity contribution in [3.05, 3.63) is 47.3 Å². The van der Waals surface area contributed by atoms with Crippen molar-refractivity contribution < 1.29 is 18.8 Å². The number of hydrogen-bond donors (Lipinski definition) is 0. The Kier molecular flexibility index (Phi) is 4.93. The van der Waals surface area contributed by atoms with Crippen LogP contribution in [0.15, 0.2) is 34.9 Å². The fourth-order valence-corrected chi connectivity index (χ4v) is 2.01. The maximum Gasteiger partial charge on any atom is 0.344 e. The van der Waals surface area contributed by atoms with Crippen molar-refractivity contribution in [3.8, 4) is 0 Å². The Balaban J connectivity index is 1.99. The maximum absolute atomic E-state index is 12.1. The van der Waals surface area contributed by atoms with Crippen LogP contribution in [0.2, 0.25) is 0 Å². The highest BCUT2D eigenvalue weighted by atomic mass is 16.5. The van der Waals surface area contributed by atoms with Crippen LogP contribution in [-0.2, 0) is 16.0 Å². The Bertz CT molecular complexity index is 664. The van der Waals surface area contributed by atoms with Crippen LogP contribution in [-0.4, -0.2) is 30.7 Å². The van der Waals surface area contributed by atoms with Crippen LogP contribution < -0.4 is 4.90 Å². The summed E-state index contributed by atoms with van der Waals surface area (Å²) in [5, 5.41) is 3.79. The van der Waals surface area contributed by atoms with Crippen LogP contribution in [0.5, 0.6) is 0 Å². The largest absolute Gasteiger partial charge is 0.452 e. The average molecular weight is 302 g/mol. The van der Waals surface area contributed by atoms with E-state index in [1.165, 1.54) is 4.90 Å². The number of nitrogens with zero attached hydrogens (tertiary/aromatic N) is 2. The summed E-state index contributed by atoms with van der Waals surface area (Å²) in [6, 6.07) is 9.14. The van der Waals surface area contributed by atoms with E-state index in [9.17, 15) is 9.59 Å². The number of ether oxygens (including phenoxy) is 1. The normalized spacial score (nSPS) is 10.3. The molecule has 2 aromatic rings. The molecule has 6 heteroatoms. The molecule has 0 spiro atoms. The molecule has 22 heavy (non-hydrogen) atoms. The van der Waals surface area contributed by atoms with Crippen molar-refractivity contribution in [1.82, 2.24) is 5.16 Å². The molecule has 1 aromatic heterocycles. The van der Waals surface area contributed by atoms with Crippen molar-refractivity contribution >= 4 is 17.6 Å². The number of carbonyl (C=O) groups is 2. The summed E-state index contributed by atoms with van der Waals surface area (Å²) in [6.07, 6.45) is 0.555. The van der Waals surface area contributed by atoms with Gasteiger partial charge in [0, 0.05) is 12.7 Å². The molecule has 0 radical (unpaired) electrons. The van der Waals surface area contributed by atoms with Gasteiger partial charge in [-0.05, 0) is 25.5 Å². The van der Waals surface area contributed by atoms with Gasteiger partial charge in [0.2, 0.25) is 0 Å². The lowest BCUT2D eigenvalue weighted by atomic mass is 10.1. The lowest BCUT2D eigenvalue weighted by Crippen LogP contribution is -2.31. The highest BCUT2D eigenvalue weighted by Gasteiger charge is 2.22. The van der Waals surface area contributed by atoms with Gasteiger partial charge < -0.3 is 14.2 Å². The molecular formula is C16H18N2O4. The summed E-state index contributed by atoms with van der Waals surface area (Å²) in [4.78, 5) is 25.6. The Labute approximate surface area is 128 Å². The number of benzene rings is 1. The van der Waals surface area contributed by atoms with E-state index in [1.807, 2.05) is 25.1 Å². The Morgan fingerprint density at radius 2 is 1.95 bits per heavy atom. The van der Waals surface area contributed by atoms with E-state index < -0.39 is 5.97 Å². The SMILES string of the molecule is CCc1noc(C)c1C(=O)OCC(=O)N(C)c1ccccc1. The summed E-state index contributed by atoms with van der Waals surface area (Å²) < 4.78 is 10.1. The topological polar surface area (TPSA) is 72.6 Å². The smallest absolute Gasteiger partial charge is 0.344 e. The van der Waals surface area contributed by atoms with Crippen molar-refractivity contribution in [2.75, 3.05) is 18.6 Å². The van der Waals surface area contributed by atoms with Gasteiger partial charge in [0.15, 0.2) is 6.61 Å². The van der Waals surface area contributed by atoms with Gasteiger partial charge in [0.25, 0.3) is 5.91 Å². The van der Waals surface area contributed by atoms with E-state index in [1.54, 1.807) is 26.1 Å².